The Balaban J connectivity index is 2.17. The van der Waals surface area contributed by atoms with E-state index in [1.54, 1.807) is 6.20 Å². The molecule has 0 aliphatic carbocycles. The number of anilines is 2. The quantitative estimate of drug-likeness (QED) is 0.782. The monoisotopic (exact) mass is 259 g/mol. The predicted molar refractivity (Wildman–Crippen MR) is 79.0 cm³/mol. The number of nitrogens with zero attached hydrogens (tertiary/aromatic N) is 3. The molecule has 2 aromatic rings. The fourth-order valence-electron chi connectivity index (χ4n) is 2.02. The Morgan fingerprint density at radius 2 is 2.05 bits per heavy atom. The van der Waals surface area contributed by atoms with E-state index in [9.17, 15) is 0 Å². The van der Waals surface area contributed by atoms with Gasteiger partial charge >= 0.3 is 0 Å². The third-order valence-corrected chi connectivity index (χ3v) is 3.13. The standard InChI is InChI=1S/C14H21N5/c1-3-4-5-10-19(2)14-11(15)6-7-12(17-14)13-8-9-16-18-13/h6-9H,3-5,10,15H2,1-2H3,(H,16,18). The summed E-state index contributed by atoms with van der Waals surface area (Å²) in [6.45, 7) is 3.17. The minimum absolute atomic E-state index is 0.707. The summed E-state index contributed by atoms with van der Waals surface area (Å²) in [5.41, 5.74) is 8.40. The third kappa shape index (κ3) is 3.24. The number of aromatic nitrogens is 3. The number of nitrogen functional groups attached to an aromatic ring is 1. The van der Waals surface area contributed by atoms with E-state index in [1.807, 2.05) is 25.2 Å². The largest absolute Gasteiger partial charge is 0.396 e. The third-order valence-electron chi connectivity index (χ3n) is 3.13. The van der Waals surface area contributed by atoms with E-state index in [0.29, 0.717) is 5.69 Å². The van der Waals surface area contributed by atoms with E-state index >= 15 is 0 Å². The van der Waals surface area contributed by atoms with Crippen LogP contribution in [0.3, 0.4) is 0 Å². The number of hydrogen-bond acceptors (Lipinski definition) is 4. The van der Waals surface area contributed by atoms with Crippen LogP contribution in [0.4, 0.5) is 11.5 Å². The summed E-state index contributed by atoms with van der Waals surface area (Å²) in [5, 5.41) is 6.94. The second-order valence-electron chi connectivity index (χ2n) is 4.70. The van der Waals surface area contributed by atoms with Gasteiger partial charge in [-0.1, -0.05) is 19.8 Å². The number of nitrogens with one attached hydrogen (secondary N) is 1. The predicted octanol–water partition coefficient (Wildman–Crippen LogP) is 2.68. The van der Waals surface area contributed by atoms with Crippen LogP contribution >= 0.6 is 0 Å². The topological polar surface area (TPSA) is 70.8 Å². The Morgan fingerprint density at radius 1 is 1.21 bits per heavy atom. The van der Waals surface area contributed by atoms with Crippen molar-refractivity contribution in [3.05, 3.63) is 24.4 Å². The van der Waals surface area contributed by atoms with Crippen molar-refractivity contribution in [1.82, 2.24) is 15.2 Å². The van der Waals surface area contributed by atoms with Gasteiger partial charge in [-0.05, 0) is 24.6 Å². The molecule has 19 heavy (non-hydrogen) atoms. The maximum atomic E-state index is 6.02. The van der Waals surface area contributed by atoms with Gasteiger partial charge in [-0.15, -0.1) is 0 Å². The number of pyridine rings is 1. The van der Waals surface area contributed by atoms with Gasteiger partial charge in [-0.2, -0.15) is 5.10 Å². The van der Waals surface area contributed by atoms with Crippen LogP contribution in [-0.2, 0) is 0 Å². The van der Waals surface area contributed by atoms with Gasteiger partial charge in [0.2, 0.25) is 0 Å². The van der Waals surface area contributed by atoms with Crippen LogP contribution in [0, 0.1) is 0 Å². The fourth-order valence-corrected chi connectivity index (χ4v) is 2.02. The lowest BCUT2D eigenvalue weighted by Gasteiger charge is -2.20. The van der Waals surface area contributed by atoms with Gasteiger partial charge in [0, 0.05) is 19.8 Å². The zero-order chi connectivity index (χ0) is 13.7. The maximum Gasteiger partial charge on any atom is 0.152 e. The highest BCUT2D eigenvalue weighted by Crippen LogP contribution is 2.24. The number of rotatable bonds is 6. The first-order chi connectivity index (χ1) is 9.22. The van der Waals surface area contributed by atoms with Gasteiger partial charge in [0.05, 0.1) is 11.4 Å². The van der Waals surface area contributed by atoms with Crippen LogP contribution in [-0.4, -0.2) is 28.8 Å². The molecule has 0 saturated carbocycles. The molecule has 0 aliphatic heterocycles. The minimum Gasteiger partial charge on any atom is -0.396 e. The van der Waals surface area contributed by atoms with Gasteiger partial charge in [-0.25, -0.2) is 4.98 Å². The van der Waals surface area contributed by atoms with Crippen molar-refractivity contribution in [3.8, 4) is 11.4 Å². The molecule has 0 atom stereocenters. The average molecular weight is 259 g/mol. The minimum atomic E-state index is 0.707. The van der Waals surface area contributed by atoms with Crippen LogP contribution in [0.2, 0.25) is 0 Å². The SMILES string of the molecule is CCCCCN(C)c1nc(-c2cc[nH]n2)ccc1N. The first kappa shape index (κ1) is 13.4. The van der Waals surface area contributed by atoms with Gasteiger partial charge in [0.15, 0.2) is 5.82 Å². The summed E-state index contributed by atoms with van der Waals surface area (Å²) in [6.07, 6.45) is 5.38. The van der Waals surface area contributed by atoms with E-state index in [0.717, 1.165) is 30.2 Å². The molecule has 3 N–H and O–H groups in total. The highest BCUT2D eigenvalue weighted by atomic mass is 15.2. The Morgan fingerprint density at radius 3 is 2.74 bits per heavy atom. The molecule has 0 spiro atoms. The lowest BCUT2D eigenvalue weighted by molar-refractivity contribution is 0.702. The first-order valence-electron chi connectivity index (χ1n) is 6.70. The summed E-state index contributed by atoms with van der Waals surface area (Å²) in [4.78, 5) is 6.72. The molecule has 5 nitrogen and oxygen atoms in total. The number of unbranched alkanes of at least 4 members (excludes halogenated alkanes) is 2. The van der Waals surface area contributed by atoms with Crippen LogP contribution in [0.15, 0.2) is 24.4 Å². The van der Waals surface area contributed by atoms with Gasteiger partial charge in [-0.3, -0.25) is 5.10 Å². The Labute approximate surface area is 113 Å². The van der Waals surface area contributed by atoms with Crippen molar-refractivity contribution in [3.63, 3.8) is 0 Å². The number of hydrogen-bond donors (Lipinski definition) is 2. The molecule has 0 saturated heterocycles. The summed E-state index contributed by atoms with van der Waals surface area (Å²) in [7, 11) is 2.03. The van der Waals surface area contributed by atoms with Crippen LogP contribution < -0.4 is 10.6 Å². The molecule has 0 unspecified atom stereocenters. The van der Waals surface area contributed by atoms with E-state index in [4.69, 9.17) is 5.73 Å². The Bertz CT molecular complexity index is 507. The van der Waals surface area contributed by atoms with Crippen LogP contribution in [0.1, 0.15) is 26.2 Å². The second-order valence-corrected chi connectivity index (χ2v) is 4.70. The molecule has 102 valence electrons. The Hall–Kier alpha value is -2.04. The van der Waals surface area contributed by atoms with Gasteiger partial charge < -0.3 is 10.6 Å². The van der Waals surface area contributed by atoms with Crippen molar-refractivity contribution in [2.45, 2.75) is 26.2 Å². The highest BCUT2D eigenvalue weighted by Gasteiger charge is 2.10. The van der Waals surface area contributed by atoms with Gasteiger partial charge in [0.25, 0.3) is 0 Å². The molecule has 0 bridgehead atoms. The molecule has 5 heteroatoms. The Kier molecular flexibility index (Phi) is 4.39. The van der Waals surface area contributed by atoms with Crippen molar-refractivity contribution in [2.75, 3.05) is 24.2 Å². The lowest BCUT2D eigenvalue weighted by Crippen LogP contribution is -2.21. The molecular weight excluding hydrogens is 238 g/mol. The van der Waals surface area contributed by atoms with Crippen molar-refractivity contribution in [1.29, 1.82) is 0 Å². The molecule has 2 heterocycles. The molecule has 2 aromatic heterocycles. The van der Waals surface area contributed by atoms with E-state index in [1.165, 1.54) is 12.8 Å². The number of H-pyrrole nitrogens is 1. The zero-order valence-corrected chi connectivity index (χ0v) is 11.6. The summed E-state index contributed by atoms with van der Waals surface area (Å²) in [6, 6.07) is 5.69. The van der Waals surface area contributed by atoms with Crippen molar-refractivity contribution in [2.24, 2.45) is 0 Å². The first-order valence-corrected chi connectivity index (χ1v) is 6.70. The number of aromatic amines is 1. The average Bonchev–Trinajstić information content (AvgIpc) is 2.93. The summed E-state index contributed by atoms with van der Waals surface area (Å²) >= 11 is 0. The van der Waals surface area contributed by atoms with Crippen molar-refractivity contribution >= 4 is 11.5 Å². The molecule has 0 radical (unpaired) electrons. The van der Waals surface area contributed by atoms with E-state index in [-0.39, 0.29) is 0 Å². The normalized spacial score (nSPS) is 10.6. The smallest absolute Gasteiger partial charge is 0.152 e. The summed E-state index contributed by atoms with van der Waals surface area (Å²) < 4.78 is 0. The molecule has 0 amide bonds. The fraction of sp³-hybridized carbons (Fsp3) is 0.429. The van der Waals surface area contributed by atoms with E-state index in [2.05, 4.69) is 27.0 Å². The van der Waals surface area contributed by atoms with E-state index < -0.39 is 0 Å². The molecule has 0 fully saturated rings. The van der Waals surface area contributed by atoms with Gasteiger partial charge in [0.1, 0.15) is 5.69 Å². The number of nitrogens with two attached hydrogens (primary N) is 1. The highest BCUT2D eigenvalue weighted by molar-refractivity contribution is 5.68. The molecular formula is C14H21N5. The maximum absolute atomic E-state index is 6.02. The van der Waals surface area contributed by atoms with Crippen molar-refractivity contribution < 1.29 is 0 Å². The zero-order valence-electron chi connectivity index (χ0n) is 11.6. The van der Waals surface area contributed by atoms with Crippen LogP contribution in [0.5, 0.6) is 0 Å². The lowest BCUT2D eigenvalue weighted by atomic mass is 10.2. The molecule has 2 rings (SSSR count). The summed E-state index contributed by atoms with van der Waals surface area (Å²) in [5.74, 6) is 0.830. The molecule has 0 aliphatic rings. The van der Waals surface area contributed by atoms with Crippen LogP contribution in [0.25, 0.3) is 11.4 Å². The second kappa shape index (κ2) is 6.22. The molecule has 0 aromatic carbocycles.